The van der Waals surface area contributed by atoms with E-state index in [9.17, 15) is 26.3 Å². The van der Waals surface area contributed by atoms with E-state index in [2.05, 4.69) is 25.3 Å². The van der Waals surface area contributed by atoms with Crippen molar-refractivity contribution in [3.05, 3.63) is 72.1 Å². The molecule has 5 aromatic rings. The first-order valence-corrected chi connectivity index (χ1v) is 10.5. The minimum Gasteiger partial charge on any atom is -0.411 e. The number of halogens is 6. The molecule has 0 spiro atoms. The zero-order chi connectivity index (χ0) is 24.8. The number of alkyl halides is 6. The molecule has 0 bridgehead atoms. The lowest BCUT2D eigenvalue weighted by atomic mass is 10.1. The fraction of sp³-hybridized carbons (Fsp3) is 0.0952. The minimum absolute atomic E-state index is 0.00113. The molecule has 3 aromatic heterocycles. The number of nitrogens with zero attached hydrogens (tertiary/aromatic N) is 6. The molecule has 0 aliphatic carbocycles. The lowest BCUT2D eigenvalue weighted by Crippen LogP contribution is -2.04. The molecule has 0 saturated carbocycles. The Morgan fingerprint density at radius 1 is 0.800 bits per heavy atom. The molecule has 3 heterocycles. The summed E-state index contributed by atoms with van der Waals surface area (Å²) in [6.45, 7) is 0. The Bertz CT molecular complexity index is 1510. The lowest BCUT2D eigenvalue weighted by Gasteiger charge is -2.08. The molecule has 0 fully saturated rings. The summed E-state index contributed by atoms with van der Waals surface area (Å²) in [6.07, 6.45) is -7.76. The van der Waals surface area contributed by atoms with Gasteiger partial charge in [0.25, 0.3) is 11.0 Å². The van der Waals surface area contributed by atoms with Gasteiger partial charge in [-0.2, -0.15) is 40.9 Å². The van der Waals surface area contributed by atoms with Gasteiger partial charge in [-0.25, -0.2) is 4.98 Å². The molecule has 0 aliphatic heterocycles. The van der Waals surface area contributed by atoms with Crippen molar-refractivity contribution in [2.75, 3.05) is 0 Å². The number of aromatic nitrogens is 6. The molecule has 5 rings (SSSR count). The molecule has 7 nitrogen and oxygen atoms in total. The predicted octanol–water partition coefficient (Wildman–Crippen LogP) is 6.03. The maximum atomic E-state index is 13.0. The fourth-order valence-electron chi connectivity index (χ4n) is 3.12. The molecule has 0 N–H and O–H groups in total. The van der Waals surface area contributed by atoms with Gasteiger partial charge < -0.3 is 4.42 Å². The third-order valence-electron chi connectivity index (χ3n) is 4.76. The van der Waals surface area contributed by atoms with E-state index >= 15 is 0 Å². The van der Waals surface area contributed by atoms with E-state index in [4.69, 9.17) is 4.42 Å². The molecule has 0 radical (unpaired) electrons. The first-order valence-electron chi connectivity index (χ1n) is 9.65. The molecule has 2 aromatic carbocycles. The average molecular weight is 508 g/mol. The number of hydrogen-bond acceptors (Lipinski definition) is 7. The van der Waals surface area contributed by atoms with E-state index in [1.165, 1.54) is 35.1 Å². The van der Waals surface area contributed by atoms with Gasteiger partial charge in [-0.05, 0) is 48.2 Å². The highest BCUT2D eigenvalue weighted by molar-refractivity contribution is 7.99. The molecule has 0 amide bonds. The van der Waals surface area contributed by atoms with Crippen LogP contribution in [-0.2, 0) is 12.4 Å². The second kappa shape index (κ2) is 8.37. The van der Waals surface area contributed by atoms with Crippen LogP contribution < -0.4 is 0 Å². The third kappa shape index (κ3) is 4.69. The summed E-state index contributed by atoms with van der Waals surface area (Å²) in [5.41, 5.74) is -0.848. The van der Waals surface area contributed by atoms with Gasteiger partial charge in [0.05, 0.1) is 16.8 Å². The quantitative estimate of drug-likeness (QED) is 0.217. The topological polar surface area (TPSA) is 82.0 Å². The first kappa shape index (κ1) is 22.8. The van der Waals surface area contributed by atoms with Gasteiger partial charge in [-0.15, -0.1) is 10.2 Å². The Kier molecular flexibility index (Phi) is 5.46. The Balaban J connectivity index is 1.47. The van der Waals surface area contributed by atoms with E-state index in [0.29, 0.717) is 16.3 Å². The summed E-state index contributed by atoms with van der Waals surface area (Å²) in [6, 6.07) is 10.5. The number of rotatable bonds is 4. The summed E-state index contributed by atoms with van der Waals surface area (Å²) in [4.78, 5) is 8.33. The summed E-state index contributed by atoms with van der Waals surface area (Å²) < 4.78 is 84.5. The third-order valence-corrected chi connectivity index (χ3v) is 5.60. The van der Waals surface area contributed by atoms with E-state index in [-0.39, 0.29) is 22.5 Å². The normalized spacial score (nSPS) is 12.4. The van der Waals surface area contributed by atoms with Crippen LogP contribution in [0.25, 0.3) is 28.5 Å². The second-order valence-electron chi connectivity index (χ2n) is 7.08. The number of hydrogen-bond donors (Lipinski definition) is 0. The van der Waals surface area contributed by atoms with Crippen LogP contribution in [0.4, 0.5) is 26.3 Å². The Morgan fingerprint density at radius 2 is 1.54 bits per heavy atom. The van der Waals surface area contributed by atoms with Crippen LogP contribution in [0, 0.1) is 0 Å². The van der Waals surface area contributed by atoms with Crippen LogP contribution in [0.5, 0.6) is 0 Å². The molecule has 14 heteroatoms. The highest BCUT2D eigenvalue weighted by atomic mass is 32.2. The molecule has 0 atom stereocenters. The van der Waals surface area contributed by atoms with E-state index in [0.717, 1.165) is 36.0 Å². The smallest absolute Gasteiger partial charge is 0.411 e. The second-order valence-corrected chi connectivity index (χ2v) is 8.05. The largest absolute Gasteiger partial charge is 0.416 e. The van der Waals surface area contributed by atoms with E-state index < -0.39 is 23.5 Å². The van der Waals surface area contributed by atoms with Crippen molar-refractivity contribution in [3.8, 4) is 22.7 Å². The molecule has 0 saturated heterocycles. The predicted molar refractivity (Wildman–Crippen MR) is 110 cm³/mol. The van der Waals surface area contributed by atoms with Crippen molar-refractivity contribution in [3.63, 3.8) is 0 Å². The first-order chi connectivity index (χ1) is 16.6. The minimum atomic E-state index is -4.53. The number of fused-ring (bicyclic) bond motifs is 1. The SMILES string of the molecule is FC(F)(F)c1ccc(-c2cc(Sc3nnc(-c4cccc(C(F)(F)F)c4)o3)n3ncnc3n2)cc1. The summed E-state index contributed by atoms with van der Waals surface area (Å²) >= 11 is 0.941. The van der Waals surface area contributed by atoms with Crippen molar-refractivity contribution in [2.24, 2.45) is 0 Å². The zero-order valence-electron chi connectivity index (χ0n) is 17.0. The maximum absolute atomic E-state index is 13.0. The highest BCUT2D eigenvalue weighted by Crippen LogP contribution is 2.35. The van der Waals surface area contributed by atoms with Gasteiger partial charge >= 0.3 is 12.4 Å². The lowest BCUT2D eigenvalue weighted by molar-refractivity contribution is -0.138. The molecule has 35 heavy (non-hydrogen) atoms. The zero-order valence-corrected chi connectivity index (χ0v) is 17.9. The molecule has 178 valence electrons. The standard InChI is InChI=1S/C21H10F6N6OS/c22-20(23,24)13-6-4-11(5-7-13)15-9-16(33-18(30-15)28-10-29-33)35-19-32-31-17(34-19)12-2-1-3-14(8-12)21(25,26)27/h1-10H. The van der Waals surface area contributed by atoms with Crippen molar-refractivity contribution < 1.29 is 30.8 Å². The van der Waals surface area contributed by atoms with E-state index in [1.807, 2.05) is 0 Å². The Morgan fingerprint density at radius 3 is 2.26 bits per heavy atom. The van der Waals surface area contributed by atoms with Gasteiger partial charge in [-0.1, -0.05) is 18.2 Å². The monoisotopic (exact) mass is 508 g/mol. The average Bonchev–Trinajstić information content (AvgIpc) is 3.48. The Hall–Kier alpha value is -3.94. The molecular formula is C21H10F6N6OS. The van der Waals surface area contributed by atoms with Crippen LogP contribution in [0.3, 0.4) is 0 Å². The Labute approximate surface area is 195 Å². The van der Waals surface area contributed by atoms with Gasteiger partial charge in [0, 0.05) is 11.1 Å². The maximum Gasteiger partial charge on any atom is 0.416 e. The van der Waals surface area contributed by atoms with Gasteiger partial charge in [-0.3, -0.25) is 0 Å². The summed E-state index contributed by atoms with van der Waals surface area (Å²) in [7, 11) is 0. The highest BCUT2D eigenvalue weighted by Gasteiger charge is 2.31. The van der Waals surface area contributed by atoms with Crippen LogP contribution >= 0.6 is 11.8 Å². The van der Waals surface area contributed by atoms with Gasteiger partial charge in [0.1, 0.15) is 11.4 Å². The van der Waals surface area contributed by atoms with Crippen molar-refractivity contribution in [1.82, 2.24) is 29.8 Å². The van der Waals surface area contributed by atoms with Crippen LogP contribution in [0.1, 0.15) is 11.1 Å². The summed E-state index contributed by atoms with van der Waals surface area (Å²) in [5.74, 6) is 0.0490. The molecular weight excluding hydrogens is 498 g/mol. The van der Waals surface area contributed by atoms with E-state index in [1.54, 1.807) is 6.07 Å². The van der Waals surface area contributed by atoms with Crippen molar-refractivity contribution in [1.29, 1.82) is 0 Å². The molecule has 0 aliphatic rings. The van der Waals surface area contributed by atoms with Crippen LogP contribution in [0.15, 0.2) is 75.6 Å². The van der Waals surface area contributed by atoms with Crippen molar-refractivity contribution in [2.45, 2.75) is 22.6 Å². The van der Waals surface area contributed by atoms with Gasteiger partial charge in [0.15, 0.2) is 0 Å². The fourth-order valence-corrected chi connectivity index (χ4v) is 3.89. The van der Waals surface area contributed by atoms with Gasteiger partial charge in [0.2, 0.25) is 5.89 Å². The summed E-state index contributed by atoms with van der Waals surface area (Å²) in [5, 5.41) is 12.1. The number of benzene rings is 2. The van der Waals surface area contributed by atoms with Crippen LogP contribution in [-0.4, -0.2) is 29.8 Å². The van der Waals surface area contributed by atoms with Crippen molar-refractivity contribution >= 4 is 17.5 Å². The molecule has 0 unspecified atom stereocenters. The van der Waals surface area contributed by atoms with Crippen LogP contribution in [0.2, 0.25) is 0 Å².